The summed E-state index contributed by atoms with van der Waals surface area (Å²) in [4.78, 5) is 0.0669. The zero-order chi connectivity index (χ0) is 15.5. The lowest BCUT2D eigenvalue weighted by molar-refractivity contribution is 0.122. The minimum Gasteiger partial charge on any atom is -0.383 e. The Morgan fingerprint density at radius 2 is 2.23 bits per heavy atom. The topological polar surface area (TPSA) is 67.4 Å². The van der Waals surface area contributed by atoms with E-state index in [1.54, 1.807) is 25.3 Å². The first-order valence-electron chi connectivity index (χ1n) is 6.58. The molecule has 1 heterocycles. The molecule has 0 aliphatic carbocycles. The maximum absolute atomic E-state index is 12.5. The highest BCUT2D eigenvalue weighted by molar-refractivity contribution is 9.10. The van der Waals surface area contributed by atoms with E-state index in [-0.39, 0.29) is 34.4 Å². The number of benzene rings is 1. The van der Waals surface area contributed by atoms with Gasteiger partial charge in [-0.05, 0) is 47.4 Å². The van der Waals surface area contributed by atoms with Crippen LogP contribution < -0.4 is 10.0 Å². The number of sulfonamides is 1. The van der Waals surface area contributed by atoms with Crippen LogP contribution in [0.5, 0.6) is 0 Å². The largest absolute Gasteiger partial charge is 0.383 e. The van der Waals surface area contributed by atoms with E-state index in [1.807, 2.05) is 0 Å². The number of methoxy groups -OCH3 is 1. The van der Waals surface area contributed by atoms with E-state index in [0.29, 0.717) is 11.1 Å². The Kier molecular flexibility index (Phi) is 7.59. The van der Waals surface area contributed by atoms with Gasteiger partial charge in [-0.25, -0.2) is 13.1 Å². The molecule has 1 saturated heterocycles. The lowest BCUT2D eigenvalue weighted by Gasteiger charge is -2.29. The normalized spacial score (nSPS) is 21.6. The molecule has 0 bridgehead atoms. The predicted molar refractivity (Wildman–Crippen MR) is 93.4 cm³/mol. The molecule has 0 amide bonds. The van der Waals surface area contributed by atoms with E-state index in [0.717, 1.165) is 19.4 Å². The van der Waals surface area contributed by atoms with Gasteiger partial charge >= 0.3 is 0 Å². The molecule has 1 fully saturated rings. The molecule has 1 atom stereocenters. The number of hydrogen-bond acceptors (Lipinski definition) is 4. The molecule has 0 radical (unpaired) electrons. The van der Waals surface area contributed by atoms with Gasteiger partial charge in [0, 0.05) is 18.1 Å². The van der Waals surface area contributed by atoms with Crippen LogP contribution in [0.4, 0.5) is 0 Å². The molecule has 1 aromatic carbocycles. The SMILES string of the molecule is COCC1(CNS(=O)(=O)c2c(Cl)cccc2Br)CCCN1.Cl. The van der Waals surface area contributed by atoms with Crippen LogP contribution in [0.3, 0.4) is 0 Å². The van der Waals surface area contributed by atoms with Crippen molar-refractivity contribution >= 4 is 50.0 Å². The molecule has 1 aliphatic heterocycles. The quantitative estimate of drug-likeness (QED) is 0.723. The van der Waals surface area contributed by atoms with Crippen molar-refractivity contribution in [3.63, 3.8) is 0 Å². The third-order valence-corrected chi connectivity index (χ3v) is 6.39. The number of nitrogens with one attached hydrogen (secondary N) is 2. The zero-order valence-electron chi connectivity index (χ0n) is 12.1. The van der Waals surface area contributed by atoms with Gasteiger partial charge in [0.1, 0.15) is 4.90 Å². The Morgan fingerprint density at radius 1 is 1.50 bits per heavy atom. The molecule has 0 aromatic heterocycles. The molecule has 2 N–H and O–H groups in total. The third-order valence-electron chi connectivity index (χ3n) is 3.54. The summed E-state index contributed by atoms with van der Waals surface area (Å²) >= 11 is 9.25. The Labute approximate surface area is 150 Å². The van der Waals surface area contributed by atoms with Crippen LogP contribution in [0.2, 0.25) is 5.02 Å². The van der Waals surface area contributed by atoms with Gasteiger partial charge in [0.2, 0.25) is 10.0 Å². The van der Waals surface area contributed by atoms with Crippen molar-refractivity contribution in [3.05, 3.63) is 27.7 Å². The third kappa shape index (κ3) is 4.56. The second-order valence-corrected chi connectivity index (χ2v) is 8.08. The van der Waals surface area contributed by atoms with E-state index in [9.17, 15) is 8.42 Å². The highest BCUT2D eigenvalue weighted by Gasteiger charge is 2.35. The summed E-state index contributed by atoms with van der Waals surface area (Å²) in [6, 6.07) is 4.90. The van der Waals surface area contributed by atoms with Gasteiger partial charge in [-0.15, -0.1) is 12.4 Å². The number of rotatable bonds is 6. The van der Waals surface area contributed by atoms with Crippen LogP contribution in [0.25, 0.3) is 0 Å². The monoisotopic (exact) mass is 432 g/mol. The molecule has 0 spiro atoms. The summed E-state index contributed by atoms with van der Waals surface area (Å²) < 4.78 is 33.3. The first kappa shape index (κ1) is 20.2. The molecule has 1 aromatic rings. The fraction of sp³-hybridized carbons (Fsp3) is 0.538. The van der Waals surface area contributed by atoms with Crippen LogP contribution in [0.15, 0.2) is 27.6 Å². The first-order chi connectivity index (χ1) is 9.90. The van der Waals surface area contributed by atoms with Crippen molar-refractivity contribution < 1.29 is 13.2 Å². The van der Waals surface area contributed by atoms with Crippen molar-refractivity contribution in [3.8, 4) is 0 Å². The fourth-order valence-electron chi connectivity index (χ4n) is 2.51. The van der Waals surface area contributed by atoms with Crippen LogP contribution >= 0.6 is 39.9 Å². The average Bonchev–Trinajstić information content (AvgIpc) is 2.86. The molecule has 2 rings (SSSR count). The summed E-state index contributed by atoms with van der Waals surface area (Å²) in [6.45, 7) is 1.58. The molecule has 5 nitrogen and oxygen atoms in total. The van der Waals surface area contributed by atoms with E-state index in [4.69, 9.17) is 16.3 Å². The zero-order valence-corrected chi connectivity index (χ0v) is 16.0. The second kappa shape index (κ2) is 8.28. The van der Waals surface area contributed by atoms with Gasteiger partial charge in [-0.3, -0.25) is 0 Å². The second-order valence-electron chi connectivity index (χ2n) is 5.12. The smallest absolute Gasteiger partial charge is 0.243 e. The van der Waals surface area contributed by atoms with Crippen LogP contribution in [0.1, 0.15) is 12.8 Å². The minimum atomic E-state index is -3.69. The van der Waals surface area contributed by atoms with Gasteiger partial charge in [0.05, 0.1) is 17.2 Å². The highest BCUT2D eigenvalue weighted by atomic mass is 79.9. The summed E-state index contributed by atoms with van der Waals surface area (Å²) in [5.41, 5.74) is -0.352. The van der Waals surface area contributed by atoms with Crippen molar-refractivity contribution in [1.29, 1.82) is 0 Å². The van der Waals surface area contributed by atoms with E-state index in [2.05, 4.69) is 26.0 Å². The maximum atomic E-state index is 12.5. The van der Waals surface area contributed by atoms with Crippen LogP contribution in [0, 0.1) is 0 Å². The maximum Gasteiger partial charge on any atom is 0.243 e. The van der Waals surface area contributed by atoms with Crippen molar-refractivity contribution in [2.24, 2.45) is 0 Å². The summed E-state index contributed by atoms with van der Waals surface area (Å²) in [5, 5.41) is 3.52. The Hall–Kier alpha value is 0.110. The highest BCUT2D eigenvalue weighted by Crippen LogP contribution is 2.29. The lowest BCUT2D eigenvalue weighted by atomic mass is 9.99. The molecule has 1 unspecified atom stereocenters. The summed E-state index contributed by atoms with van der Waals surface area (Å²) in [5.74, 6) is 0. The fourth-order valence-corrected chi connectivity index (χ4v) is 5.37. The van der Waals surface area contributed by atoms with Crippen molar-refractivity contribution in [2.45, 2.75) is 23.3 Å². The molecular formula is C13H19BrCl2N2O3S. The van der Waals surface area contributed by atoms with Crippen molar-refractivity contribution in [1.82, 2.24) is 10.0 Å². The number of halogens is 3. The van der Waals surface area contributed by atoms with Gasteiger partial charge in [-0.1, -0.05) is 17.7 Å². The van der Waals surface area contributed by atoms with Crippen molar-refractivity contribution in [2.75, 3.05) is 26.8 Å². The van der Waals surface area contributed by atoms with E-state index >= 15 is 0 Å². The standard InChI is InChI=1S/C13H18BrClN2O3S.ClH/c1-20-9-13(6-3-7-16-13)8-17-21(18,19)12-10(14)4-2-5-11(12)15;/h2,4-5,16-17H,3,6-9H2,1H3;1H. The van der Waals surface area contributed by atoms with Gasteiger partial charge in [0.25, 0.3) is 0 Å². The number of ether oxygens (including phenoxy) is 1. The molecule has 0 saturated carbocycles. The molecule has 9 heteroatoms. The molecule has 126 valence electrons. The van der Waals surface area contributed by atoms with Crippen LogP contribution in [-0.4, -0.2) is 40.8 Å². The molecule has 22 heavy (non-hydrogen) atoms. The van der Waals surface area contributed by atoms with Gasteiger partial charge in [0.15, 0.2) is 0 Å². The molecular weight excluding hydrogens is 415 g/mol. The summed E-state index contributed by atoms with van der Waals surface area (Å²) in [6.07, 6.45) is 1.87. The average molecular weight is 434 g/mol. The Morgan fingerprint density at radius 3 is 2.77 bits per heavy atom. The Balaban J connectivity index is 0.00000242. The number of hydrogen-bond donors (Lipinski definition) is 2. The predicted octanol–water partition coefficient (Wildman–Crippen LogP) is 2.57. The summed E-state index contributed by atoms with van der Waals surface area (Å²) in [7, 11) is -2.08. The van der Waals surface area contributed by atoms with Gasteiger partial charge < -0.3 is 10.1 Å². The lowest BCUT2D eigenvalue weighted by Crippen LogP contribution is -2.52. The first-order valence-corrected chi connectivity index (χ1v) is 9.23. The molecule has 1 aliphatic rings. The van der Waals surface area contributed by atoms with E-state index in [1.165, 1.54) is 0 Å². The minimum absolute atomic E-state index is 0. The van der Waals surface area contributed by atoms with Gasteiger partial charge in [-0.2, -0.15) is 0 Å². The van der Waals surface area contributed by atoms with Crippen LogP contribution in [-0.2, 0) is 14.8 Å². The Bertz CT molecular complexity index is 587. The van der Waals surface area contributed by atoms with E-state index < -0.39 is 10.0 Å².